The number of thiophene rings is 1. The summed E-state index contributed by atoms with van der Waals surface area (Å²) in [5.74, 6) is 1.31. The topological polar surface area (TPSA) is 58.2 Å². The van der Waals surface area contributed by atoms with E-state index < -0.39 is 10.0 Å². The molecule has 1 aromatic rings. The zero-order valence-corrected chi connectivity index (χ0v) is 13.4. The van der Waals surface area contributed by atoms with E-state index in [0.29, 0.717) is 17.4 Å². The van der Waals surface area contributed by atoms with E-state index in [2.05, 4.69) is 10.0 Å². The van der Waals surface area contributed by atoms with E-state index in [-0.39, 0.29) is 6.04 Å². The lowest BCUT2D eigenvalue weighted by molar-refractivity contribution is 0.390. The van der Waals surface area contributed by atoms with E-state index in [4.69, 9.17) is 0 Å². The van der Waals surface area contributed by atoms with E-state index in [1.807, 2.05) is 12.3 Å². The van der Waals surface area contributed by atoms with Crippen LogP contribution in [0.4, 0.5) is 0 Å². The average Bonchev–Trinajstić information content (AvgIpc) is 3.11. The molecule has 0 aromatic carbocycles. The molecule has 3 rings (SSSR count). The van der Waals surface area contributed by atoms with Gasteiger partial charge >= 0.3 is 0 Å². The summed E-state index contributed by atoms with van der Waals surface area (Å²) in [6.45, 7) is 3.49. The highest BCUT2D eigenvalue weighted by Gasteiger charge is 2.41. The van der Waals surface area contributed by atoms with Crippen molar-refractivity contribution in [1.82, 2.24) is 10.0 Å². The maximum atomic E-state index is 12.6. The summed E-state index contributed by atoms with van der Waals surface area (Å²) in [6, 6.07) is 1.89. The molecule has 2 bridgehead atoms. The van der Waals surface area contributed by atoms with Crippen LogP contribution in [0.2, 0.25) is 0 Å². The SMILES string of the molecule is CCNCc1sccc1S(=O)(=O)NC1CC2CCC1C2. The molecular formula is C14H22N2O2S2. The summed E-state index contributed by atoms with van der Waals surface area (Å²) in [5, 5.41) is 5.07. The maximum absolute atomic E-state index is 12.6. The first-order valence-corrected chi connectivity index (χ1v) is 9.76. The van der Waals surface area contributed by atoms with Crippen LogP contribution in [-0.4, -0.2) is 21.0 Å². The van der Waals surface area contributed by atoms with Crippen LogP contribution in [0, 0.1) is 11.8 Å². The Labute approximate surface area is 125 Å². The van der Waals surface area contributed by atoms with Crippen LogP contribution in [0.1, 0.15) is 37.5 Å². The average molecular weight is 314 g/mol. The molecule has 0 aliphatic heterocycles. The Morgan fingerprint density at radius 2 is 2.20 bits per heavy atom. The predicted molar refractivity (Wildman–Crippen MR) is 81.3 cm³/mol. The second-order valence-electron chi connectivity index (χ2n) is 5.89. The highest BCUT2D eigenvalue weighted by atomic mass is 32.2. The third kappa shape index (κ3) is 2.79. The van der Waals surface area contributed by atoms with Gasteiger partial charge in [0.1, 0.15) is 0 Å². The standard InChI is InChI=1S/C14H22N2O2S2/c1-2-15-9-13-14(5-6-19-13)20(17,18)16-12-8-10-3-4-11(12)7-10/h5-6,10-12,15-16H,2-4,7-9H2,1H3. The summed E-state index contributed by atoms with van der Waals surface area (Å²) in [6.07, 6.45) is 4.70. The van der Waals surface area contributed by atoms with Crippen molar-refractivity contribution in [2.75, 3.05) is 6.54 Å². The highest BCUT2D eigenvalue weighted by molar-refractivity contribution is 7.89. The molecule has 1 heterocycles. The fourth-order valence-corrected chi connectivity index (χ4v) is 6.32. The summed E-state index contributed by atoms with van der Waals surface area (Å²) >= 11 is 1.51. The number of hydrogen-bond acceptors (Lipinski definition) is 4. The monoisotopic (exact) mass is 314 g/mol. The Morgan fingerprint density at radius 3 is 2.85 bits per heavy atom. The number of hydrogen-bond donors (Lipinski definition) is 2. The van der Waals surface area contributed by atoms with Crippen molar-refractivity contribution >= 4 is 21.4 Å². The van der Waals surface area contributed by atoms with Crippen molar-refractivity contribution in [3.05, 3.63) is 16.3 Å². The van der Waals surface area contributed by atoms with Gasteiger partial charge in [0, 0.05) is 17.5 Å². The summed E-state index contributed by atoms with van der Waals surface area (Å²) < 4.78 is 28.1. The number of nitrogens with one attached hydrogen (secondary N) is 2. The molecule has 0 radical (unpaired) electrons. The molecule has 20 heavy (non-hydrogen) atoms. The molecule has 1 aromatic heterocycles. The second-order valence-corrected chi connectivity index (χ2v) is 8.57. The quantitative estimate of drug-likeness (QED) is 0.847. The van der Waals surface area contributed by atoms with Crippen LogP contribution in [0.3, 0.4) is 0 Å². The zero-order chi connectivity index (χ0) is 14.2. The smallest absolute Gasteiger partial charge is 0.241 e. The van der Waals surface area contributed by atoms with Crippen LogP contribution in [-0.2, 0) is 16.6 Å². The summed E-state index contributed by atoms with van der Waals surface area (Å²) in [4.78, 5) is 1.37. The molecule has 4 nitrogen and oxygen atoms in total. The van der Waals surface area contributed by atoms with E-state index in [0.717, 1.165) is 23.8 Å². The predicted octanol–water partition coefficient (Wildman–Crippen LogP) is 2.32. The van der Waals surface area contributed by atoms with Crippen LogP contribution in [0.15, 0.2) is 16.3 Å². The Hall–Kier alpha value is -0.430. The molecular weight excluding hydrogens is 292 g/mol. The van der Waals surface area contributed by atoms with Gasteiger partial charge in [-0.1, -0.05) is 13.3 Å². The molecule has 2 fully saturated rings. The van der Waals surface area contributed by atoms with Gasteiger partial charge in [0.25, 0.3) is 0 Å². The van der Waals surface area contributed by atoms with Crippen molar-refractivity contribution in [2.45, 2.75) is 50.1 Å². The van der Waals surface area contributed by atoms with E-state index in [9.17, 15) is 8.42 Å². The third-order valence-corrected chi connectivity index (χ3v) is 7.20. The minimum Gasteiger partial charge on any atom is -0.312 e. The second kappa shape index (κ2) is 5.75. The fourth-order valence-electron chi connectivity index (χ4n) is 3.59. The Morgan fingerprint density at radius 1 is 1.35 bits per heavy atom. The zero-order valence-electron chi connectivity index (χ0n) is 11.8. The number of rotatable bonds is 6. The molecule has 2 aliphatic rings. The maximum Gasteiger partial charge on any atom is 0.241 e. The molecule has 2 N–H and O–H groups in total. The van der Waals surface area contributed by atoms with Gasteiger partial charge < -0.3 is 5.32 Å². The van der Waals surface area contributed by atoms with Gasteiger partial charge in [-0.2, -0.15) is 0 Å². The first-order valence-electron chi connectivity index (χ1n) is 7.39. The molecule has 0 spiro atoms. The van der Waals surface area contributed by atoms with E-state index >= 15 is 0 Å². The van der Waals surface area contributed by atoms with E-state index in [1.54, 1.807) is 6.07 Å². The molecule has 6 heteroatoms. The largest absolute Gasteiger partial charge is 0.312 e. The Balaban J connectivity index is 1.73. The van der Waals surface area contributed by atoms with E-state index in [1.165, 1.54) is 30.6 Å². The van der Waals surface area contributed by atoms with Crippen LogP contribution >= 0.6 is 11.3 Å². The lowest BCUT2D eigenvalue weighted by atomic mass is 9.96. The van der Waals surface area contributed by atoms with Crippen molar-refractivity contribution in [1.29, 1.82) is 0 Å². The van der Waals surface area contributed by atoms with Crippen molar-refractivity contribution in [3.63, 3.8) is 0 Å². The first-order chi connectivity index (χ1) is 9.60. The van der Waals surface area contributed by atoms with Gasteiger partial charge in [0.2, 0.25) is 10.0 Å². The van der Waals surface area contributed by atoms with Gasteiger partial charge in [-0.3, -0.25) is 0 Å². The van der Waals surface area contributed by atoms with Crippen LogP contribution in [0.5, 0.6) is 0 Å². The molecule has 0 amide bonds. The number of sulfonamides is 1. The van der Waals surface area contributed by atoms with Gasteiger partial charge in [0.15, 0.2) is 0 Å². The Kier molecular flexibility index (Phi) is 4.17. The van der Waals surface area contributed by atoms with Crippen LogP contribution in [0.25, 0.3) is 0 Å². The minimum atomic E-state index is -3.36. The van der Waals surface area contributed by atoms with Crippen molar-refractivity contribution in [2.24, 2.45) is 11.8 Å². The molecule has 2 aliphatic carbocycles. The first kappa shape index (κ1) is 14.5. The molecule has 112 valence electrons. The molecule has 0 saturated heterocycles. The lowest BCUT2D eigenvalue weighted by Gasteiger charge is -2.22. The normalized spacial score (nSPS) is 29.1. The molecule has 2 saturated carbocycles. The molecule has 3 unspecified atom stereocenters. The van der Waals surface area contributed by atoms with Gasteiger partial charge in [-0.15, -0.1) is 11.3 Å². The van der Waals surface area contributed by atoms with Gasteiger partial charge in [-0.25, -0.2) is 13.1 Å². The summed E-state index contributed by atoms with van der Waals surface area (Å²) in [5.41, 5.74) is 0. The summed E-state index contributed by atoms with van der Waals surface area (Å²) in [7, 11) is -3.36. The number of fused-ring (bicyclic) bond motifs is 2. The van der Waals surface area contributed by atoms with Gasteiger partial charge in [-0.05, 0) is 49.1 Å². The fraction of sp³-hybridized carbons (Fsp3) is 0.714. The Bertz CT molecular complexity index is 567. The van der Waals surface area contributed by atoms with Crippen molar-refractivity contribution < 1.29 is 8.42 Å². The minimum absolute atomic E-state index is 0.158. The van der Waals surface area contributed by atoms with Crippen molar-refractivity contribution in [3.8, 4) is 0 Å². The van der Waals surface area contributed by atoms with Gasteiger partial charge in [0.05, 0.1) is 4.90 Å². The van der Waals surface area contributed by atoms with Crippen LogP contribution < -0.4 is 10.0 Å². The molecule has 3 atom stereocenters. The third-order valence-electron chi connectivity index (χ3n) is 4.57. The highest BCUT2D eigenvalue weighted by Crippen LogP contribution is 2.44. The lowest BCUT2D eigenvalue weighted by Crippen LogP contribution is -2.38.